The maximum absolute atomic E-state index is 6.45. The van der Waals surface area contributed by atoms with Crippen LogP contribution in [-0.4, -0.2) is 39.9 Å². The third kappa shape index (κ3) is 3.02. The minimum Gasteiger partial charge on any atom is -0.313 e. The number of nitrogens with one attached hydrogen (secondary N) is 1. The first-order valence-electron chi connectivity index (χ1n) is 7.88. The normalized spacial score (nSPS) is 22.9. The van der Waals surface area contributed by atoms with Crippen molar-refractivity contribution >= 4 is 11.6 Å². The summed E-state index contributed by atoms with van der Waals surface area (Å²) in [5.41, 5.74) is 2.15. The fourth-order valence-corrected chi connectivity index (χ4v) is 3.39. The van der Waals surface area contributed by atoms with Crippen molar-refractivity contribution < 1.29 is 0 Å². The maximum Gasteiger partial charge on any atom is 0.0860 e. The van der Waals surface area contributed by atoms with Gasteiger partial charge >= 0.3 is 0 Å². The number of aryl methyl sites for hydroxylation is 2. The van der Waals surface area contributed by atoms with Crippen LogP contribution in [0.2, 0.25) is 5.02 Å². The lowest BCUT2D eigenvalue weighted by atomic mass is 10.2. The third-order valence-electron chi connectivity index (χ3n) is 4.49. The molecule has 112 valence electrons. The molecule has 0 aromatic carbocycles. The lowest BCUT2D eigenvalue weighted by Gasteiger charge is -2.26. The highest BCUT2D eigenvalue weighted by molar-refractivity contribution is 6.31. The van der Waals surface area contributed by atoms with Gasteiger partial charge in [0.2, 0.25) is 0 Å². The summed E-state index contributed by atoms with van der Waals surface area (Å²) in [6.07, 6.45) is 5.30. The molecular weight excluding hydrogens is 272 g/mol. The van der Waals surface area contributed by atoms with Crippen LogP contribution in [-0.2, 0) is 13.1 Å². The molecule has 1 aliphatic heterocycles. The van der Waals surface area contributed by atoms with E-state index in [9.17, 15) is 0 Å². The van der Waals surface area contributed by atoms with Crippen molar-refractivity contribution in [2.75, 3.05) is 13.1 Å². The van der Waals surface area contributed by atoms with Crippen molar-refractivity contribution in [2.45, 2.75) is 64.7 Å². The molecule has 1 aliphatic carbocycles. The van der Waals surface area contributed by atoms with Gasteiger partial charge in [-0.15, -0.1) is 0 Å². The zero-order valence-electron chi connectivity index (χ0n) is 12.5. The molecule has 1 atom stereocenters. The minimum absolute atomic E-state index is 0.661. The van der Waals surface area contributed by atoms with Gasteiger partial charge in [0.1, 0.15) is 0 Å². The number of rotatable bonds is 6. The summed E-state index contributed by atoms with van der Waals surface area (Å²) in [6.45, 7) is 8.29. The van der Waals surface area contributed by atoms with Crippen LogP contribution >= 0.6 is 11.6 Å². The molecular formula is C15H25ClN4. The quantitative estimate of drug-likeness (QED) is 0.876. The summed E-state index contributed by atoms with van der Waals surface area (Å²) < 4.78 is 2.06. The van der Waals surface area contributed by atoms with E-state index < -0.39 is 0 Å². The van der Waals surface area contributed by atoms with Gasteiger partial charge < -0.3 is 5.32 Å². The predicted octanol–water partition coefficient (Wildman–Crippen LogP) is 2.58. The Morgan fingerprint density at radius 2 is 2.20 bits per heavy atom. The summed E-state index contributed by atoms with van der Waals surface area (Å²) in [5.74, 6) is 0. The molecule has 2 heterocycles. The zero-order chi connectivity index (χ0) is 14.1. The van der Waals surface area contributed by atoms with Gasteiger partial charge in [-0.2, -0.15) is 5.10 Å². The summed E-state index contributed by atoms with van der Waals surface area (Å²) in [7, 11) is 0. The van der Waals surface area contributed by atoms with Crippen LogP contribution in [0.15, 0.2) is 0 Å². The first-order valence-corrected chi connectivity index (χ1v) is 8.26. The van der Waals surface area contributed by atoms with E-state index in [1.54, 1.807) is 0 Å². The van der Waals surface area contributed by atoms with Gasteiger partial charge in [-0.3, -0.25) is 9.58 Å². The molecule has 1 saturated heterocycles. The summed E-state index contributed by atoms with van der Waals surface area (Å²) in [4.78, 5) is 2.61. The van der Waals surface area contributed by atoms with Crippen LogP contribution in [0.4, 0.5) is 0 Å². The average Bonchev–Trinajstić information content (AvgIpc) is 3.11. The Morgan fingerprint density at radius 3 is 2.80 bits per heavy atom. The Kier molecular flexibility index (Phi) is 4.34. The molecule has 1 aromatic heterocycles. The van der Waals surface area contributed by atoms with E-state index in [0.29, 0.717) is 6.04 Å². The Labute approximate surface area is 126 Å². The van der Waals surface area contributed by atoms with Crippen LogP contribution in [0.5, 0.6) is 0 Å². The van der Waals surface area contributed by atoms with Gasteiger partial charge in [0, 0.05) is 31.7 Å². The Balaban J connectivity index is 1.72. The fourth-order valence-electron chi connectivity index (χ4n) is 3.19. The molecule has 2 fully saturated rings. The number of aromatic nitrogens is 2. The highest BCUT2D eigenvalue weighted by Crippen LogP contribution is 2.31. The molecule has 1 aromatic rings. The highest BCUT2D eigenvalue weighted by atomic mass is 35.5. The molecule has 5 heteroatoms. The molecule has 0 spiro atoms. The highest BCUT2D eigenvalue weighted by Gasteiger charge is 2.32. The number of nitrogens with zero attached hydrogens (tertiary/aromatic N) is 3. The average molecular weight is 297 g/mol. The van der Waals surface area contributed by atoms with Crippen molar-refractivity contribution in [2.24, 2.45) is 0 Å². The van der Waals surface area contributed by atoms with Crippen LogP contribution in [0, 0.1) is 6.92 Å². The van der Waals surface area contributed by atoms with E-state index in [1.807, 2.05) is 6.92 Å². The van der Waals surface area contributed by atoms with Crippen molar-refractivity contribution in [1.29, 1.82) is 0 Å². The second-order valence-corrected chi connectivity index (χ2v) is 6.49. The molecule has 2 aliphatic rings. The topological polar surface area (TPSA) is 33.1 Å². The van der Waals surface area contributed by atoms with Gasteiger partial charge in [-0.1, -0.05) is 11.6 Å². The van der Waals surface area contributed by atoms with Gasteiger partial charge in [0.05, 0.1) is 16.4 Å². The second-order valence-electron chi connectivity index (χ2n) is 6.12. The first kappa shape index (κ1) is 14.4. The summed E-state index contributed by atoms with van der Waals surface area (Å²) >= 11 is 6.45. The van der Waals surface area contributed by atoms with Crippen molar-refractivity contribution in [3.8, 4) is 0 Å². The van der Waals surface area contributed by atoms with Crippen molar-refractivity contribution in [1.82, 2.24) is 20.0 Å². The van der Waals surface area contributed by atoms with E-state index in [4.69, 9.17) is 11.6 Å². The van der Waals surface area contributed by atoms with Gasteiger partial charge in [-0.25, -0.2) is 0 Å². The maximum atomic E-state index is 6.45. The monoisotopic (exact) mass is 296 g/mol. The molecule has 0 amide bonds. The molecule has 1 saturated carbocycles. The third-order valence-corrected chi connectivity index (χ3v) is 4.98. The molecule has 0 bridgehead atoms. The Morgan fingerprint density at radius 1 is 1.40 bits per heavy atom. The number of halogens is 1. The fraction of sp³-hybridized carbons (Fsp3) is 0.800. The zero-order valence-corrected chi connectivity index (χ0v) is 13.3. The van der Waals surface area contributed by atoms with Crippen LogP contribution < -0.4 is 5.32 Å². The van der Waals surface area contributed by atoms with E-state index in [-0.39, 0.29) is 0 Å². The largest absolute Gasteiger partial charge is 0.313 e. The van der Waals surface area contributed by atoms with E-state index in [1.165, 1.54) is 37.9 Å². The van der Waals surface area contributed by atoms with Gasteiger partial charge in [0.25, 0.3) is 0 Å². The predicted molar refractivity (Wildman–Crippen MR) is 82.1 cm³/mol. The van der Waals surface area contributed by atoms with E-state index in [2.05, 4.69) is 26.9 Å². The van der Waals surface area contributed by atoms with Gasteiger partial charge in [-0.05, 0) is 46.1 Å². The lowest BCUT2D eigenvalue weighted by Crippen LogP contribution is -2.38. The van der Waals surface area contributed by atoms with Crippen molar-refractivity contribution in [3.63, 3.8) is 0 Å². The molecule has 1 unspecified atom stereocenters. The van der Waals surface area contributed by atoms with E-state index >= 15 is 0 Å². The standard InChI is InChI=1S/C15H25ClN4/c1-3-20-14(15(16)11(2)18-20)10-19(13-6-7-13)9-12-5-4-8-17-12/h12-13,17H,3-10H2,1-2H3. The molecule has 1 N–H and O–H groups in total. The van der Waals surface area contributed by atoms with Crippen LogP contribution in [0.25, 0.3) is 0 Å². The number of hydrogen-bond donors (Lipinski definition) is 1. The lowest BCUT2D eigenvalue weighted by molar-refractivity contribution is 0.224. The molecule has 4 nitrogen and oxygen atoms in total. The minimum atomic E-state index is 0.661. The molecule has 20 heavy (non-hydrogen) atoms. The smallest absolute Gasteiger partial charge is 0.0860 e. The molecule has 0 radical (unpaired) electrons. The van der Waals surface area contributed by atoms with Crippen LogP contribution in [0.3, 0.4) is 0 Å². The Hall–Kier alpha value is -0.580. The second kappa shape index (κ2) is 6.04. The van der Waals surface area contributed by atoms with Crippen LogP contribution in [0.1, 0.15) is 44.0 Å². The Bertz CT molecular complexity index is 461. The van der Waals surface area contributed by atoms with Gasteiger partial charge in [0.15, 0.2) is 0 Å². The molecule has 3 rings (SSSR count). The van der Waals surface area contributed by atoms with Crippen molar-refractivity contribution in [3.05, 3.63) is 16.4 Å². The summed E-state index contributed by atoms with van der Waals surface area (Å²) in [5, 5.41) is 9.00. The SMILES string of the molecule is CCn1nc(C)c(Cl)c1CN(CC1CCCN1)C1CC1. The number of hydrogen-bond acceptors (Lipinski definition) is 3. The summed E-state index contributed by atoms with van der Waals surface area (Å²) in [6, 6.07) is 1.42. The van der Waals surface area contributed by atoms with E-state index in [0.717, 1.165) is 36.4 Å². The first-order chi connectivity index (χ1) is 9.69.